The number of hydrogen-bond donors (Lipinski definition) is 2. The summed E-state index contributed by atoms with van der Waals surface area (Å²) in [5.41, 5.74) is 6.81. The van der Waals surface area contributed by atoms with Crippen molar-refractivity contribution in [3.8, 4) is 0 Å². The van der Waals surface area contributed by atoms with Crippen LogP contribution in [0.15, 0.2) is 30.6 Å². The Balaban J connectivity index is 2.14. The molecule has 1 atom stereocenters. The number of aromatic nitrogens is 2. The normalized spacial score (nSPS) is 12.2. The molecule has 0 aliphatic carbocycles. The van der Waals surface area contributed by atoms with Gasteiger partial charge in [0.05, 0.1) is 6.04 Å². The maximum absolute atomic E-state index is 13.2. The Morgan fingerprint density at radius 2 is 1.85 bits per heavy atom. The van der Waals surface area contributed by atoms with E-state index in [0.717, 1.165) is 11.8 Å². The second kappa shape index (κ2) is 6.38. The quantitative estimate of drug-likeness (QED) is 0.881. The van der Waals surface area contributed by atoms with Gasteiger partial charge < -0.3 is 11.1 Å². The fourth-order valence-corrected chi connectivity index (χ4v) is 1.89. The summed E-state index contributed by atoms with van der Waals surface area (Å²) in [6.07, 6.45) is 2.09. The Hall–Kier alpha value is -2.08. The van der Waals surface area contributed by atoms with E-state index in [2.05, 4.69) is 15.3 Å². The fraction of sp³-hybridized carbons (Fsp3) is 0.286. The lowest BCUT2D eigenvalue weighted by Gasteiger charge is -2.15. The first-order valence-corrected chi connectivity index (χ1v) is 6.32. The van der Waals surface area contributed by atoms with E-state index < -0.39 is 11.6 Å². The van der Waals surface area contributed by atoms with E-state index in [1.54, 1.807) is 13.0 Å². The highest BCUT2D eigenvalue weighted by Gasteiger charge is 2.09. The van der Waals surface area contributed by atoms with Crippen molar-refractivity contribution in [2.24, 2.45) is 5.73 Å². The van der Waals surface area contributed by atoms with Crippen molar-refractivity contribution >= 4 is 5.82 Å². The fourth-order valence-electron chi connectivity index (χ4n) is 1.89. The van der Waals surface area contributed by atoms with Crippen LogP contribution in [0.2, 0.25) is 0 Å². The zero-order valence-electron chi connectivity index (χ0n) is 11.1. The number of anilines is 1. The molecule has 3 N–H and O–H groups in total. The highest BCUT2D eigenvalue weighted by Crippen LogP contribution is 2.20. The average molecular weight is 278 g/mol. The first kappa shape index (κ1) is 14.3. The van der Waals surface area contributed by atoms with Crippen LogP contribution < -0.4 is 11.1 Å². The van der Waals surface area contributed by atoms with E-state index in [-0.39, 0.29) is 6.04 Å². The van der Waals surface area contributed by atoms with Gasteiger partial charge in [-0.3, -0.25) is 0 Å². The smallest absolute Gasteiger partial charge is 0.130 e. The van der Waals surface area contributed by atoms with E-state index in [1.165, 1.54) is 18.5 Å². The molecule has 1 aromatic carbocycles. The number of nitrogens with zero attached hydrogens (tertiary/aromatic N) is 2. The molecule has 0 amide bonds. The largest absolute Gasteiger partial charge is 0.363 e. The molecule has 106 valence electrons. The summed E-state index contributed by atoms with van der Waals surface area (Å²) in [6, 6.07) is 4.94. The Bertz CT molecular complexity index is 569. The topological polar surface area (TPSA) is 63.8 Å². The number of halogens is 2. The standard InChI is InChI=1S/C14H16F2N4/c1-9(10-4-11(15)6-12(16)5-10)20-14-7-13(2-3-17)18-8-19-14/h4-9H,2-3,17H2,1H3,(H,18,19,20)/t9-/m0/s1. The number of nitrogens with one attached hydrogen (secondary N) is 1. The van der Waals surface area contributed by atoms with Gasteiger partial charge in [-0.25, -0.2) is 18.7 Å². The van der Waals surface area contributed by atoms with Crippen LogP contribution in [0.4, 0.5) is 14.6 Å². The van der Waals surface area contributed by atoms with Gasteiger partial charge in [0, 0.05) is 24.2 Å². The molecule has 2 rings (SSSR count). The molecule has 0 fully saturated rings. The molecule has 6 heteroatoms. The predicted molar refractivity (Wildman–Crippen MR) is 73.2 cm³/mol. The summed E-state index contributed by atoms with van der Waals surface area (Å²) >= 11 is 0. The number of benzene rings is 1. The molecular formula is C14H16F2N4. The summed E-state index contributed by atoms with van der Waals surface area (Å²) < 4.78 is 26.4. The average Bonchev–Trinajstić information content (AvgIpc) is 2.38. The third-order valence-electron chi connectivity index (χ3n) is 2.87. The molecule has 0 spiro atoms. The van der Waals surface area contributed by atoms with Gasteiger partial charge in [-0.05, 0) is 31.2 Å². The monoisotopic (exact) mass is 278 g/mol. The van der Waals surface area contributed by atoms with E-state index in [0.29, 0.717) is 24.3 Å². The third-order valence-corrected chi connectivity index (χ3v) is 2.87. The Morgan fingerprint density at radius 3 is 2.50 bits per heavy atom. The lowest BCUT2D eigenvalue weighted by atomic mass is 10.1. The Morgan fingerprint density at radius 1 is 1.15 bits per heavy atom. The summed E-state index contributed by atoms with van der Waals surface area (Å²) in [5.74, 6) is -0.596. The van der Waals surface area contributed by atoms with Gasteiger partial charge in [-0.2, -0.15) is 0 Å². The molecule has 0 saturated carbocycles. The van der Waals surface area contributed by atoms with Crippen molar-refractivity contribution < 1.29 is 8.78 Å². The van der Waals surface area contributed by atoms with Crippen molar-refractivity contribution in [3.05, 3.63) is 53.5 Å². The minimum absolute atomic E-state index is 0.277. The maximum Gasteiger partial charge on any atom is 0.130 e. The van der Waals surface area contributed by atoms with Crippen LogP contribution in [0.5, 0.6) is 0 Å². The molecule has 0 aliphatic rings. The van der Waals surface area contributed by atoms with Crippen LogP contribution in [0, 0.1) is 11.6 Å². The molecule has 0 radical (unpaired) electrons. The van der Waals surface area contributed by atoms with Gasteiger partial charge in [0.25, 0.3) is 0 Å². The zero-order valence-corrected chi connectivity index (χ0v) is 11.1. The van der Waals surface area contributed by atoms with E-state index in [4.69, 9.17) is 5.73 Å². The SMILES string of the molecule is C[C@H](Nc1cc(CCN)ncn1)c1cc(F)cc(F)c1. The van der Waals surface area contributed by atoms with Crippen molar-refractivity contribution in [3.63, 3.8) is 0 Å². The highest BCUT2D eigenvalue weighted by atomic mass is 19.1. The molecule has 0 bridgehead atoms. The van der Waals surface area contributed by atoms with Crippen molar-refractivity contribution in [2.45, 2.75) is 19.4 Å². The zero-order chi connectivity index (χ0) is 14.5. The first-order valence-electron chi connectivity index (χ1n) is 6.32. The summed E-state index contributed by atoms with van der Waals surface area (Å²) in [6.45, 7) is 2.31. The molecule has 4 nitrogen and oxygen atoms in total. The second-order valence-electron chi connectivity index (χ2n) is 4.50. The molecule has 0 saturated heterocycles. The molecular weight excluding hydrogens is 262 g/mol. The van der Waals surface area contributed by atoms with Gasteiger partial charge in [0.2, 0.25) is 0 Å². The molecule has 1 aromatic heterocycles. The highest BCUT2D eigenvalue weighted by molar-refractivity contribution is 5.38. The minimum atomic E-state index is -0.597. The van der Waals surface area contributed by atoms with Gasteiger partial charge in [-0.15, -0.1) is 0 Å². The van der Waals surface area contributed by atoms with Gasteiger partial charge in [0.15, 0.2) is 0 Å². The first-order chi connectivity index (χ1) is 9.58. The second-order valence-corrected chi connectivity index (χ2v) is 4.50. The van der Waals surface area contributed by atoms with E-state index in [9.17, 15) is 8.78 Å². The van der Waals surface area contributed by atoms with E-state index in [1.807, 2.05) is 0 Å². The lowest BCUT2D eigenvalue weighted by molar-refractivity contribution is 0.577. The molecule has 0 aliphatic heterocycles. The maximum atomic E-state index is 13.2. The number of hydrogen-bond acceptors (Lipinski definition) is 4. The third kappa shape index (κ3) is 3.71. The van der Waals surface area contributed by atoms with Crippen LogP contribution in [0.1, 0.15) is 24.2 Å². The lowest BCUT2D eigenvalue weighted by Crippen LogP contribution is -2.10. The van der Waals surface area contributed by atoms with Gasteiger partial charge >= 0.3 is 0 Å². The number of nitrogens with two attached hydrogens (primary N) is 1. The van der Waals surface area contributed by atoms with Crippen LogP contribution in [-0.2, 0) is 6.42 Å². The van der Waals surface area contributed by atoms with E-state index >= 15 is 0 Å². The molecule has 0 unspecified atom stereocenters. The van der Waals surface area contributed by atoms with Crippen molar-refractivity contribution in [1.29, 1.82) is 0 Å². The Kier molecular flexibility index (Phi) is 4.57. The number of rotatable bonds is 5. The van der Waals surface area contributed by atoms with Crippen molar-refractivity contribution in [1.82, 2.24) is 9.97 Å². The minimum Gasteiger partial charge on any atom is -0.363 e. The van der Waals surface area contributed by atoms with Gasteiger partial charge in [0.1, 0.15) is 23.8 Å². The van der Waals surface area contributed by atoms with Crippen LogP contribution in [-0.4, -0.2) is 16.5 Å². The predicted octanol–water partition coefficient (Wildman–Crippen LogP) is 2.43. The van der Waals surface area contributed by atoms with Crippen LogP contribution >= 0.6 is 0 Å². The molecule has 20 heavy (non-hydrogen) atoms. The molecule has 2 aromatic rings. The summed E-state index contributed by atoms with van der Waals surface area (Å²) in [7, 11) is 0. The van der Waals surface area contributed by atoms with Gasteiger partial charge in [-0.1, -0.05) is 0 Å². The van der Waals surface area contributed by atoms with Crippen molar-refractivity contribution in [2.75, 3.05) is 11.9 Å². The molecule has 1 heterocycles. The van der Waals surface area contributed by atoms with Crippen LogP contribution in [0.25, 0.3) is 0 Å². The summed E-state index contributed by atoms with van der Waals surface area (Å²) in [4.78, 5) is 8.17. The van der Waals surface area contributed by atoms with Crippen LogP contribution in [0.3, 0.4) is 0 Å². The Labute approximate surface area is 116 Å². The summed E-state index contributed by atoms with van der Waals surface area (Å²) in [5, 5.41) is 3.09.